The van der Waals surface area contributed by atoms with Gasteiger partial charge in [-0.2, -0.15) is 0 Å². The fourth-order valence-electron chi connectivity index (χ4n) is 2.38. The number of aryl methyl sites for hydroxylation is 1. The van der Waals surface area contributed by atoms with Crippen LogP contribution in [0.25, 0.3) is 0 Å². The fourth-order valence-corrected chi connectivity index (χ4v) is 2.38. The number of benzene rings is 1. The van der Waals surface area contributed by atoms with Gasteiger partial charge < -0.3 is 18.8 Å². The molecule has 0 unspecified atom stereocenters. The predicted molar refractivity (Wildman–Crippen MR) is 79.1 cm³/mol. The molecule has 0 saturated carbocycles. The van der Waals surface area contributed by atoms with E-state index in [1.54, 1.807) is 18.9 Å². The number of hydrogen-bond donors (Lipinski definition) is 0. The largest absolute Gasteiger partial charge is 0.486 e. The van der Waals surface area contributed by atoms with Gasteiger partial charge in [0, 0.05) is 7.05 Å². The first-order valence-corrected chi connectivity index (χ1v) is 7.13. The van der Waals surface area contributed by atoms with Crippen molar-refractivity contribution in [3.8, 4) is 11.5 Å². The summed E-state index contributed by atoms with van der Waals surface area (Å²) < 4.78 is 16.8. The van der Waals surface area contributed by atoms with Crippen molar-refractivity contribution in [1.82, 2.24) is 9.88 Å². The molecule has 1 aromatic heterocycles. The van der Waals surface area contributed by atoms with Crippen molar-refractivity contribution in [3.05, 3.63) is 42.1 Å². The third-order valence-electron chi connectivity index (χ3n) is 3.94. The highest BCUT2D eigenvalue weighted by Crippen LogP contribution is 2.32. The first-order valence-electron chi connectivity index (χ1n) is 7.13. The Labute approximate surface area is 128 Å². The average Bonchev–Trinajstić information content (AvgIpc) is 2.98. The van der Waals surface area contributed by atoms with Gasteiger partial charge in [0.25, 0.3) is 5.91 Å². The molecule has 0 saturated heterocycles. The predicted octanol–water partition coefficient (Wildman–Crippen LogP) is 2.28. The third kappa shape index (κ3) is 2.52. The van der Waals surface area contributed by atoms with Crippen molar-refractivity contribution in [2.75, 3.05) is 13.7 Å². The number of fused-ring (bicyclic) bond motifs is 1. The molecule has 1 aliphatic rings. The van der Waals surface area contributed by atoms with Crippen molar-refractivity contribution in [3.63, 3.8) is 0 Å². The number of rotatable bonds is 3. The second-order valence-corrected chi connectivity index (χ2v) is 5.34. The lowest BCUT2D eigenvalue weighted by atomic mass is 10.1. The summed E-state index contributed by atoms with van der Waals surface area (Å²) in [6.45, 7) is 4.06. The second-order valence-electron chi connectivity index (χ2n) is 5.34. The molecule has 1 aliphatic heterocycles. The lowest BCUT2D eigenvalue weighted by molar-refractivity contribution is 0.0246. The fraction of sp³-hybridized carbons (Fsp3) is 0.375. The van der Waals surface area contributed by atoms with Gasteiger partial charge in [-0.15, -0.1) is 0 Å². The minimum Gasteiger partial charge on any atom is -0.486 e. The van der Waals surface area contributed by atoms with Gasteiger partial charge >= 0.3 is 0 Å². The van der Waals surface area contributed by atoms with Gasteiger partial charge in [0.2, 0.25) is 5.76 Å². The number of amides is 1. The van der Waals surface area contributed by atoms with E-state index in [-0.39, 0.29) is 23.8 Å². The Bertz CT molecular complexity index is 682. The van der Waals surface area contributed by atoms with Crippen LogP contribution >= 0.6 is 0 Å². The summed E-state index contributed by atoms with van der Waals surface area (Å²) in [6, 6.07) is 7.33. The second kappa shape index (κ2) is 5.71. The number of carbonyl (C=O) groups is 1. The number of para-hydroxylation sites is 2. The zero-order valence-electron chi connectivity index (χ0n) is 12.8. The molecule has 1 aromatic carbocycles. The van der Waals surface area contributed by atoms with Crippen LogP contribution in [0.4, 0.5) is 0 Å². The number of likely N-dealkylation sites (N-methyl/N-ethyl adjacent to an activating group) is 1. The van der Waals surface area contributed by atoms with E-state index in [1.807, 2.05) is 31.2 Å². The Kier molecular flexibility index (Phi) is 3.75. The molecule has 6 nitrogen and oxygen atoms in total. The van der Waals surface area contributed by atoms with Crippen LogP contribution in [-0.2, 0) is 0 Å². The summed E-state index contributed by atoms with van der Waals surface area (Å²) in [5.74, 6) is 1.46. The van der Waals surface area contributed by atoms with Crippen LogP contribution in [0, 0.1) is 6.92 Å². The number of ether oxygens (including phenoxy) is 2. The number of carbonyl (C=O) groups excluding carboxylic acids is 1. The van der Waals surface area contributed by atoms with E-state index in [9.17, 15) is 4.79 Å². The molecule has 1 amide bonds. The molecule has 0 fully saturated rings. The van der Waals surface area contributed by atoms with Crippen molar-refractivity contribution >= 4 is 5.91 Å². The average molecular weight is 302 g/mol. The van der Waals surface area contributed by atoms with E-state index in [1.165, 1.54) is 6.39 Å². The Balaban J connectivity index is 1.73. The molecular weight excluding hydrogens is 284 g/mol. The van der Waals surface area contributed by atoms with E-state index in [0.717, 1.165) is 5.75 Å². The van der Waals surface area contributed by atoms with Gasteiger partial charge in [0.1, 0.15) is 6.61 Å². The van der Waals surface area contributed by atoms with Gasteiger partial charge in [-0.05, 0) is 26.0 Å². The smallest absolute Gasteiger partial charge is 0.291 e. The lowest BCUT2D eigenvalue weighted by Gasteiger charge is -2.34. The van der Waals surface area contributed by atoms with Crippen LogP contribution in [-0.4, -0.2) is 41.6 Å². The molecule has 2 atom stereocenters. The quantitative estimate of drug-likeness (QED) is 0.870. The molecule has 0 spiro atoms. The summed E-state index contributed by atoms with van der Waals surface area (Å²) in [7, 11) is 1.72. The Morgan fingerprint density at radius 1 is 1.36 bits per heavy atom. The van der Waals surface area contributed by atoms with Crippen LogP contribution in [0.3, 0.4) is 0 Å². The summed E-state index contributed by atoms with van der Waals surface area (Å²) in [5.41, 5.74) is 0.579. The van der Waals surface area contributed by atoms with Gasteiger partial charge in [-0.3, -0.25) is 4.79 Å². The molecule has 22 heavy (non-hydrogen) atoms. The summed E-state index contributed by atoms with van der Waals surface area (Å²) >= 11 is 0. The summed E-state index contributed by atoms with van der Waals surface area (Å²) in [5, 5.41) is 0. The van der Waals surface area contributed by atoms with E-state index in [4.69, 9.17) is 13.9 Å². The maximum Gasteiger partial charge on any atom is 0.291 e. The van der Waals surface area contributed by atoms with Gasteiger partial charge in [-0.1, -0.05) is 12.1 Å². The molecule has 116 valence electrons. The monoisotopic (exact) mass is 302 g/mol. The molecule has 2 heterocycles. The molecule has 6 heteroatoms. The zero-order chi connectivity index (χ0) is 15.7. The topological polar surface area (TPSA) is 64.8 Å². The van der Waals surface area contributed by atoms with Crippen LogP contribution in [0.15, 0.2) is 35.1 Å². The van der Waals surface area contributed by atoms with Crippen molar-refractivity contribution in [2.45, 2.75) is 26.0 Å². The highest BCUT2D eigenvalue weighted by Gasteiger charge is 2.32. The first-order chi connectivity index (χ1) is 10.6. The van der Waals surface area contributed by atoms with Crippen LogP contribution < -0.4 is 9.47 Å². The molecule has 0 aliphatic carbocycles. The Morgan fingerprint density at radius 3 is 2.77 bits per heavy atom. The first kappa shape index (κ1) is 14.4. The molecule has 3 rings (SSSR count). The van der Waals surface area contributed by atoms with Crippen molar-refractivity contribution < 1.29 is 18.7 Å². The molecular formula is C16H18N2O4. The van der Waals surface area contributed by atoms with Gasteiger partial charge in [0.15, 0.2) is 24.0 Å². The number of nitrogens with zero attached hydrogens (tertiary/aromatic N) is 2. The van der Waals surface area contributed by atoms with E-state index >= 15 is 0 Å². The third-order valence-corrected chi connectivity index (χ3v) is 3.94. The summed E-state index contributed by atoms with van der Waals surface area (Å²) in [6.07, 6.45) is 1.03. The highest BCUT2D eigenvalue weighted by atomic mass is 16.6. The van der Waals surface area contributed by atoms with Gasteiger partial charge in [-0.25, -0.2) is 4.98 Å². The summed E-state index contributed by atoms with van der Waals surface area (Å²) in [4.78, 5) is 18.0. The number of oxazole rings is 1. The minimum atomic E-state index is -0.243. The Hall–Kier alpha value is -2.50. The van der Waals surface area contributed by atoms with Crippen LogP contribution in [0.5, 0.6) is 11.5 Å². The molecule has 2 aromatic rings. The number of aromatic nitrogens is 1. The molecule has 0 bridgehead atoms. The van der Waals surface area contributed by atoms with E-state index < -0.39 is 0 Å². The maximum absolute atomic E-state index is 12.5. The van der Waals surface area contributed by atoms with Crippen molar-refractivity contribution in [1.29, 1.82) is 0 Å². The zero-order valence-corrected chi connectivity index (χ0v) is 12.8. The van der Waals surface area contributed by atoms with Crippen LogP contribution in [0.2, 0.25) is 0 Å². The Morgan fingerprint density at radius 2 is 2.09 bits per heavy atom. The maximum atomic E-state index is 12.5. The molecule has 0 N–H and O–H groups in total. The van der Waals surface area contributed by atoms with Crippen molar-refractivity contribution in [2.24, 2.45) is 0 Å². The van der Waals surface area contributed by atoms with Crippen LogP contribution in [0.1, 0.15) is 23.2 Å². The number of hydrogen-bond acceptors (Lipinski definition) is 5. The van der Waals surface area contributed by atoms with Gasteiger partial charge in [0.05, 0.1) is 11.7 Å². The lowest BCUT2D eigenvalue weighted by Crippen LogP contribution is -2.49. The standard InChI is InChI=1S/C16H18N2O4/c1-10-15(21-9-17-10)16(19)18(3)11(2)14-8-20-12-6-4-5-7-13(12)22-14/h4-7,9,11,14H,8H2,1-3H3/t11-,14+/m1/s1. The van der Waals surface area contributed by atoms with E-state index in [2.05, 4.69) is 4.98 Å². The normalized spacial score (nSPS) is 17.9. The highest BCUT2D eigenvalue weighted by molar-refractivity contribution is 5.92. The molecule has 0 radical (unpaired) electrons. The SMILES string of the molecule is Cc1ncoc1C(=O)N(C)[C@H](C)[C@@H]1COc2ccccc2O1. The minimum absolute atomic E-state index is 0.176. The van der Waals surface area contributed by atoms with E-state index in [0.29, 0.717) is 18.1 Å².